The third kappa shape index (κ3) is 5.41. The van der Waals surface area contributed by atoms with Crippen LogP contribution in [0.4, 0.5) is 0 Å². The van der Waals surface area contributed by atoms with E-state index in [-0.39, 0.29) is 24.9 Å². The number of hydrogen-bond donors (Lipinski definition) is 2. The van der Waals surface area contributed by atoms with Crippen LogP contribution in [0.25, 0.3) is 0 Å². The van der Waals surface area contributed by atoms with Gasteiger partial charge in [-0.1, -0.05) is 41.9 Å². The summed E-state index contributed by atoms with van der Waals surface area (Å²) in [5.74, 6) is 0.339. The fourth-order valence-electron chi connectivity index (χ4n) is 2.50. The Morgan fingerprint density at radius 1 is 0.893 bits per heavy atom. The minimum absolute atomic E-state index is 0.279. The van der Waals surface area contributed by atoms with E-state index in [2.05, 4.69) is 10.6 Å². The Morgan fingerprint density at radius 2 is 1.57 bits per heavy atom. The molecule has 1 heterocycles. The molecule has 7 heteroatoms. The van der Waals surface area contributed by atoms with Crippen molar-refractivity contribution >= 4 is 35.2 Å². The van der Waals surface area contributed by atoms with Crippen LogP contribution in [-0.4, -0.2) is 24.9 Å². The lowest BCUT2D eigenvalue weighted by molar-refractivity contribution is 0.0910. The molecular formula is C21H19ClN2O3S. The van der Waals surface area contributed by atoms with E-state index in [0.717, 1.165) is 10.5 Å². The van der Waals surface area contributed by atoms with Gasteiger partial charge in [0.05, 0.1) is 16.8 Å². The predicted octanol–water partition coefficient (Wildman–Crippen LogP) is 4.39. The molecule has 28 heavy (non-hydrogen) atoms. The lowest BCUT2D eigenvalue weighted by Gasteiger charge is -2.08. The van der Waals surface area contributed by atoms with Crippen LogP contribution in [0, 0.1) is 0 Å². The van der Waals surface area contributed by atoms with Gasteiger partial charge >= 0.3 is 0 Å². The lowest BCUT2D eigenvalue weighted by Crippen LogP contribution is -2.34. The monoisotopic (exact) mass is 414 g/mol. The van der Waals surface area contributed by atoms with Crippen LogP contribution >= 0.6 is 23.4 Å². The molecule has 0 aliphatic rings. The number of carbonyl (C=O) groups excluding carboxylic acids is 2. The van der Waals surface area contributed by atoms with E-state index >= 15 is 0 Å². The first-order valence-corrected chi connectivity index (χ1v) is 10.1. The van der Waals surface area contributed by atoms with Crippen molar-refractivity contribution < 1.29 is 14.0 Å². The Kier molecular flexibility index (Phi) is 7.17. The highest BCUT2D eigenvalue weighted by atomic mass is 35.5. The number of rotatable bonds is 8. The van der Waals surface area contributed by atoms with Crippen molar-refractivity contribution in [2.24, 2.45) is 0 Å². The second-order valence-corrected chi connectivity index (χ2v) is 7.32. The highest BCUT2D eigenvalue weighted by Gasteiger charge is 2.15. The molecule has 2 amide bonds. The van der Waals surface area contributed by atoms with Crippen molar-refractivity contribution in [3.63, 3.8) is 0 Å². The maximum atomic E-state index is 12.4. The molecule has 0 saturated carbocycles. The number of hydrogen-bond acceptors (Lipinski definition) is 4. The van der Waals surface area contributed by atoms with Crippen LogP contribution in [0.3, 0.4) is 0 Å². The number of furan rings is 1. The zero-order chi connectivity index (χ0) is 19.8. The molecule has 0 aliphatic heterocycles. The zero-order valence-corrected chi connectivity index (χ0v) is 16.6. The molecule has 0 unspecified atom stereocenters. The highest BCUT2D eigenvalue weighted by molar-refractivity contribution is 7.98. The standard InChI is InChI=1S/C21H19ClN2O3S/c22-18-9-5-4-8-17(18)20(25)23-11-12-24-21(26)19-15(10-13-27-19)14-28-16-6-2-1-3-7-16/h1-10,13H,11-12,14H2,(H,23,25)(H,24,26). The summed E-state index contributed by atoms with van der Waals surface area (Å²) in [4.78, 5) is 25.6. The van der Waals surface area contributed by atoms with Crippen molar-refractivity contribution in [3.05, 3.63) is 88.8 Å². The van der Waals surface area contributed by atoms with E-state index in [1.54, 1.807) is 42.1 Å². The number of halogens is 1. The van der Waals surface area contributed by atoms with Crippen molar-refractivity contribution in [2.45, 2.75) is 10.6 Å². The first kappa shape index (κ1) is 20.0. The minimum Gasteiger partial charge on any atom is -0.459 e. The SMILES string of the molecule is O=C(NCCNC(=O)c1occc1CSc1ccccc1)c1ccccc1Cl. The number of amides is 2. The Bertz CT molecular complexity index is 944. The largest absolute Gasteiger partial charge is 0.459 e. The summed E-state index contributed by atoms with van der Waals surface area (Å²) < 4.78 is 5.35. The van der Waals surface area contributed by atoms with E-state index in [1.807, 2.05) is 30.3 Å². The van der Waals surface area contributed by atoms with Crippen molar-refractivity contribution in [1.82, 2.24) is 10.6 Å². The predicted molar refractivity (Wildman–Crippen MR) is 111 cm³/mol. The van der Waals surface area contributed by atoms with Crippen LogP contribution in [0.5, 0.6) is 0 Å². The van der Waals surface area contributed by atoms with E-state index in [4.69, 9.17) is 16.0 Å². The van der Waals surface area contributed by atoms with E-state index in [0.29, 0.717) is 22.1 Å². The Balaban J connectivity index is 1.46. The van der Waals surface area contributed by atoms with E-state index < -0.39 is 0 Å². The smallest absolute Gasteiger partial charge is 0.287 e. The fourth-order valence-corrected chi connectivity index (χ4v) is 3.62. The summed E-state index contributed by atoms with van der Waals surface area (Å²) in [6, 6.07) is 18.6. The molecule has 0 aliphatic carbocycles. The first-order chi connectivity index (χ1) is 13.6. The molecule has 0 atom stereocenters. The lowest BCUT2D eigenvalue weighted by atomic mass is 10.2. The maximum absolute atomic E-state index is 12.4. The average molecular weight is 415 g/mol. The zero-order valence-electron chi connectivity index (χ0n) is 15.0. The molecule has 5 nitrogen and oxygen atoms in total. The molecule has 0 bridgehead atoms. The van der Waals surface area contributed by atoms with Gasteiger partial charge in [0.1, 0.15) is 0 Å². The molecule has 2 N–H and O–H groups in total. The van der Waals surface area contributed by atoms with Crippen LogP contribution in [0.2, 0.25) is 5.02 Å². The van der Waals surface area contributed by atoms with Crippen LogP contribution < -0.4 is 10.6 Å². The molecular weight excluding hydrogens is 396 g/mol. The number of carbonyl (C=O) groups is 2. The summed E-state index contributed by atoms with van der Waals surface area (Å²) in [6.07, 6.45) is 1.51. The Morgan fingerprint density at radius 3 is 2.32 bits per heavy atom. The van der Waals surface area contributed by atoms with Crippen molar-refractivity contribution in [2.75, 3.05) is 13.1 Å². The summed E-state index contributed by atoms with van der Waals surface area (Å²) in [7, 11) is 0. The quantitative estimate of drug-likeness (QED) is 0.423. The van der Waals surface area contributed by atoms with Gasteiger partial charge in [0.25, 0.3) is 11.8 Å². The molecule has 0 fully saturated rings. The van der Waals surface area contributed by atoms with Crippen LogP contribution in [0.1, 0.15) is 26.5 Å². The van der Waals surface area contributed by atoms with Gasteiger partial charge in [0.15, 0.2) is 5.76 Å². The third-order valence-corrected chi connectivity index (χ3v) is 5.30. The highest BCUT2D eigenvalue weighted by Crippen LogP contribution is 2.24. The summed E-state index contributed by atoms with van der Waals surface area (Å²) in [5.41, 5.74) is 1.23. The second-order valence-electron chi connectivity index (χ2n) is 5.87. The van der Waals surface area contributed by atoms with Crippen LogP contribution in [-0.2, 0) is 5.75 Å². The summed E-state index contributed by atoms with van der Waals surface area (Å²) in [5, 5.41) is 5.87. The first-order valence-electron chi connectivity index (χ1n) is 8.70. The van der Waals surface area contributed by atoms with E-state index in [1.165, 1.54) is 6.26 Å². The molecule has 2 aromatic carbocycles. The Hall–Kier alpha value is -2.70. The molecule has 1 aromatic heterocycles. The van der Waals surface area contributed by atoms with Gasteiger partial charge in [0, 0.05) is 29.3 Å². The van der Waals surface area contributed by atoms with Gasteiger partial charge in [0.2, 0.25) is 0 Å². The molecule has 0 radical (unpaired) electrons. The number of thioether (sulfide) groups is 1. The van der Waals surface area contributed by atoms with Gasteiger partial charge in [-0.25, -0.2) is 0 Å². The number of benzene rings is 2. The average Bonchev–Trinajstić information content (AvgIpc) is 3.19. The number of nitrogens with one attached hydrogen (secondary N) is 2. The molecule has 3 rings (SSSR count). The van der Waals surface area contributed by atoms with Crippen molar-refractivity contribution in [1.29, 1.82) is 0 Å². The van der Waals surface area contributed by atoms with Gasteiger partial charge in [-0.2, -0.15) is 0 Å². The minimum atomic E-state index is -0.305. The van der Waals surface area contributed by atoms with Crippen LogP contribution in [0.15, 0.2) is 76.2 Å². The summed E-state index contributed by atoms with van der Waals surface area (Å²) in [6.45, 7) is 0.561. The van der Waals surface area contributed by atoms with Gasteiger partial charge in [-0.3, -0.25) is 9.59 Å². The topological polar surface area (TPSA) is 71.3 Å². The molecule has 0 saturated heterocycles. The van der Waals surface area contributed by atoms with E-state index in [9.17, 15) is 9.59 Å². The fraction of sp³-hybridized carbons (Fsp3) is 0.143. The van der Waals surface area contributed by atoms with Gasteiger partial charge in [-0.05, 0) is 30.3 Å². The van der Waals surface area contributed by atoms with Gasteiger partial charge < -0.3 is 15.1 Å². The molecule has 0 spiro atoms. The normalized spacial score (nSPS) is 10.5. The van der Waals surface area contributed by atoms with Crippen molar-refractivity contribution in [3.8, 4) is 0 Å². The second kappa shape index (κ2) is 10.0. The molecule has 144 valence electrons. The molecule has 3 aromatic rings. The van der Waals surface area contributed by atoms with Gasteiger partial charge in [-0.15, -0.1) is 11.8 Å². The third-order valence-electron chi connectivity index (χ3n) is 3.91. The Labute approximate surface area is 172 Å². The maximum Gasteiger partial charge on any atom is 0.287 e. The summed E-state index contributed by atoms with van der Waals surface area (Å²) >= 11 is 7.63.